The normalized spacial score (nSPS) is 57.2. The Morgan fingerprint density at radius 3 is 2.67 bits per heavy atom. The molecule has 0 spiro atoms. The Hall–Kier alpha value is -0.0800. The summed E-state index contributed by atoms with van der Waals surface area (Å²) in [6.07, 6.45) is 6.82. The lowest BCUT2D eigenvalue weighted by molar-refractivity contribution is 0.0164. The third kappa shape index (κ3) is 0.826. The summed E-state index contributed by atoms with van der Waals surface area (Å²) in [5.41, 5.74) is 0. The van der Waals surface area contributed by atoms with Gasteiger partial charge in [-0.25, -0.2) is 0 Å². The first-order valence-electron chi connectivity index (χ1n) is 5.20. The van der Waals surface area contributed by atoms with Gasteiger partial charge in [-0.15, -0.1) is 0 Å². The van der Waals surface area contributed by atoms with E-state index >= 15 is 0 Å². The van der Waals surface area contributed by atoms with Gasteiger partial charge in [0.1, 0.15) is 0 Å². The van der Waals surface area contributed by atoms with Crippen LogP contribution in [0.5, 0.6) is 0 Å². The summed E-state index contributed by atoms with van der Waals surface area (Å²) in [7, 11) is 0. The lowest BCUT2D eigenvalue weighted by atomic mass is 9.69. The Bertz CT molecular complexity index is 192. The fourth-order valence-corrected chi connectivity index (χ4v) is 3.48. The van der Waals surface area contributed by atoms with E-state index in [4.69, 9.17) is 4.74 Å². The number of rotatable bonds is 0. The van der Waals surface area contributed by atoms with Gasteiger partial charge in [0.2, 0.25) is 0 Å². The smallest absolute Gasteiger partial charge is 0.0636 e. The first-order valence-corrected chi connectivity index (χ1v) is 5.20. The summed E-state index contributed by atoms with van der Waals surface area (Å²) in [4.78, 5) is 0. The fourth-order valence-electron chi connectivity index (χ4n) is 3.48. The molecule has 2 heteroatoms. The van der Waals surface area contributed by atoms with Gasteiger partial charge < -0.3 is 9.84 Å². The van der Waals surface area contributed by atoms with Crippen molar-refractivity contribution < 1.29 is 9.84 Å². The molecular weight excluding hydrogens is 152 g/mol. The zero-order valence-corrected chi connectivity index (χ0v) is 7.28. The molecule has 2 bridgehead atoms. The predicted molar refractivity (Wildman–Crippen MR) is 44.7 cm³/mol. The van der Waals surface area contributed by atoms with Gasteiger partial charge in [-0.2, -0.15) is 0 Å². The Labute approximate surface area is 72.9 Å². The minimum absolute atomic E-state index is 0.0564. The van der Waals surface area contributed by atoms with E-state index < -0.39 is 0 Å². The van der Waals surface area contributed by atoms with Crippen molar-refractivity contribution in [3.63, 3.8) is 0 Å². The van der Waals surface area contributed by atoms with Crippen molar-refractivity contribution in [2.24, 2.45) is 11.8 Å². The monoisotopic (exact) mass is 168 g/mol. The molecule has 0 aromatic heterocycles. The average Bonchev–Trinajstić information content (AvgIpc) is 2.64. The molecule has 3 rings (SSSR count). The lowest BCUT2D eigenvalue weighted by Gasteiger charge is -2.35. The van der Waals surface area contributed by atoms with E-state index in [9.17, 15) is 5.11 Å². The minimum atomic E-state index is -0.0564. The van der Waals surface area contributed by atoms with Gasteiger partial charge >= 0.3 is 0 Å². The van der Waals surface area contributed by atoms with Gasteiger partial charge in [0.15, 0.2) is 0 Å². The molecule has 5 atom stereocenters. The molecule has 0 aromatic carbocycles. The minimum Gasteiger partial charge on any atom is -0.393 e. The van der Waals surface area contributed by atoms with E-state index in [0.29, 0.717) is 24.0 Å². The van der Waals surface area contributed by atoms with Crippen molar-refractivity contribution in [2.45, 2.75) is 50.4 Å². The highest BCUT2D eigenvalue weighted by Crippen LogP contribution is 2.49. The van der Waals surface area contributed by atoms with Crippen LogP contribution in [0.1, 0.15) is 32.1 Å². The van der Waals surface area contributed by atoms with Crippen molar-refractivity contribution in [3.05, 3.63) is 0 Å². The van der Waals surface area contributed by atoms with Gasteiger partial charge in [-0.05, 0) is 31.6 Å². The summed E-state index contributed by atoms with van der Waals surface area (Å²) in [6, 6.07) is 0. The number of ether oxygens (including phenoxy) is 1. The van der Waals surface area contributed by atoms with E-state index in [1.165, 1.54) is 25.7 Å². The molecule has 0 amide bonds. The SMILES string of the molecule is OC1CCCC2C3CCC(O3)C12. The van der Waals surface area contributed by atoms with Crippen LogP contribution in [0.15, 0.2) is 0 Å². The number of hydrogen-bond acceptors (Lipinski definition) is 2. The number of fused-ring (bicyclic) bond motifs is 5. The largest absolute Gasteiger partial charge is 0.393 e. The van der Waals surface area contributed by atoms with Crippen molar-refractivity contribution in [3.8, 4) is 0 Å². The zero-order valence-electron chi connectivity index (χ0n) is 7.28. The Kier molecular flexibility index (Phi) is 1.50. The maximum atomic E-state index is 9.82. The van der Waals surface area contributed by atoms with Gasteiger partial charge in [0, 0.05) is 5.92 Å². The first-order chi connectivity index (χ1) is 5.86. The summed E-state index contributed by atoms with van der Waals surface area (Å²) < 4.78 is 5.83. The molecular formula is C10H16O2. The topological polar surface area (TPSA) is 29.5 Å². The maximum Gasteiger partial charge on any atom is 0.0636 e. The molecule has 2 saturated heterocycles. The molecule has 2 nitrogen and oxygen atoms in total. The van der Waals surface area contributed by atoms with Crippen molar-refractivity contribution in [2.75, 3.05) is 0 Å². The van der Waals surface area contributed by atoms with Gasteiger partial charge in [-0.3, -0.25) is 0 Å². The van der Waals surface area contributed by atoms with Crippen LogP contribution < -0.4 is 0 Å². The van der Waals surface area contributed by atoms with Crippen LogP contribution >= 0.6 is 0 Å². The highest BCUT2D eigenvalue weighted by molar-refractivity contribution is 5.00. The van der Waals surface area contributed by atoms with Crippen LogP contribution in [0.4, 0.5) is 0 Å². The molecule has 1 N–H and O–H groups in total. The van der Waals surface area contributed by atoms with Crippen LogP contribution in [0.3, 0.4) is 0 Å². The summed E-state index contributed by atoms with van der Waals surface area (Å²) in [5.74, 6) is 1.20. The molecule has 1 aliphatic carbocycles. The fraction of sp³-hybridized carbons (Fsp3) is 1.00. The Balaban J connectivity index is 1.86. The maximum absolute atomic E-state index is 9.82. The number of aliphatic hydroxyl groups is 1. The summed E-state index contributed by atoms with van der Waals surface area (Å²) in [5, 5.41) is 9.82. The van der Waals surface area contributed by atoms with Crippen LogP contribution in [-0.2, 0) is 4.74 Å². The van der Waals surface area contributed by atoms with E-state index in [1.807, 2.05) is 0 Å². The standard InChI is InChI=1S/C10H16O2/c11-7-3-1-2-6-8-4-5-9(12-8)10(6)7/h6-11H,1-5H2. The van der Waals surface area contributed by atoms with Gasteiger partial charge in [0.25, 0.3) is 0 Å². The third-order valence-corrected chi connectivity index (χ3v) is 3.97. The van der Waals surface area contributed by atoms with Crippen LogP contribution in [0.25, 0.3) is 0 Å². The molecule has 3 aliphatic rings. The second kappa shape index (κ2) is 2.46. The van der Waals surface area contributed by atoms with Crippen molar-refractivity contribution in [1.82, 2.24) is 0 Å². The van der Waals surface area contributed by atoms with Gasteiger partial charge in [0.05, 0.1) is 18.3 Å². The van der Waals surface area contributed by atoms with E-state index in [0.717, 1.165) is 6.42 Å². The second-order valence-electron chi connectivity index (χ2n) is 4.53. The molecule has 2 aliphatic heterocycles. The molecule has 3 fully saturated rings. The van der Waals surface area contributed by atoms with Gasteiger partial charge in [-0.1, -0.05) is 6.42 Å². The quantitative estimate of drug-likeness (QED) is 0.591. The summed E-state index contributed by atoms with van der Waals surface area (Å²) >= 11 is 0. The predicted octanol–water partition coefficient (Wildman–Crippen LogP) is 1.32. The highest BCUT2D eigenvalue weighted by atomic mass is 16.5. The van der Waals surface area contributed by atoms with Crippen LogP contribution in [-0.4, -0.2) is 23.4 Å². The summed E-state index contributed by atoms with van der Waals surface area (Å²) in [6.45, 7) is 0. The molecule has 68 valence electrons. The number of aliphatic hydroxyl groups excluding tert-OH is 1. The molecule has 12 heavy (non-hydrogen) atoms. The molecule has 2 heterocycles. The molecule has 0 aromatic rings. The van der Waals surface area contributed by atoms with E-state index in [2.05, 4.69) is 0 Å². The molecule has 1 saturated carbocycles. The van der Waals surface area contributed by atoms with E-state index in [1.54, 1.807) is 0 Å². The van der Waals surface area contributed by atoms with Crippen LogP contribution in [0.2, 0.25) is 0 Å². The zero-order chi connectivity index (χ0) is 8.13. The lowest BCUT2D eigenvalue weighted by Crippen LogP contribution is -2.39. The Morgan fingerprint density at radius 2 is 1.83 bits per heavy atom. The molecule has 0 radical (unpaired) electrons. The molecule has 5 unspecified atom stereocenters. The third-order valence-electron chi connectivity index (χ3n) is 3.97. The second-order valence-corrected chi connectivity index (χ2v) is 4.53. The Morgan fingerprint density at radius 1 is 1.00 bits per heavy atom. The first kappa shape index (κ1) is 7.34. The van der Waals surface area contributed by atoms with Crippen molar-refractivity contribution >= 4 is 0 Å². The van der Waals surface area contributed by atoms with Crippen molar-refractivity contribution in [1.29, 1.82) is 0 Å². The highest BCUT2D eigenvalue weighted by Gasteiger charge is 2.52. The van der Waals surface area contributed by atoms with E-state index in [-0.39, 0.29) is 6.10 Å². The van der Waals surface area contributed by atoms with Crippen LogP contribution in [0, 0.1) is 11.8 Å². The number of hydrogen-bond donors (Lipinski definition) is 1. The average molecular weight is 168 g/mol.